The molecule has 1 N–H and O–H groups in total. The van der Waals surface area contributed by atoms with E-state index in [4.69, 9.17) is 16.6 Å². The molecule has 0 atom stereocenters. The maximum Gasteiger partial charge on any atom is 0.257 e. The van der Waals surface area contributed by atoms with Crippen LogP contribution in [0.15, 0.2) is 60.7 Å². The van der Waals surface area contributed by atoms with E-state index in [0.29, 0.717) is 29.2 Å². The summed E-state index contributed by atoms with van der Waals surface area (Å²) in [6, 6.07) is 18.4. The van der Waals surface area contributed by atoms with Gasteiger partial charge in [-0.05, 0) is 75.2 Å². The number of anilines is 1. The number of nitrogens with zero attached hydrogens (tertiary/aromatic N) is 2. The largest absolute Gasteiger partial charge is 0.339 e. The number of aromatic nitrogens is 1. The molecule has 0 aliphatic carbocycles. The minimum atomic E-state index is -0.156. The predicted molar refractivity (Wildman–Crippen MR) is 127 cm³/mol. The summed E-state index contributed by atoms with van der Waals surface area (Å²) in [5.74, 6) is -0.0198. The number of rotatable bonds is 4. The molecule has 2 amide bonds. The topological polar surface area (TPSA) is 62.3 Å². The summed E-state index contributed by atoms with van der Waals surface area (Å²) in [6.45, 7) is 5.20. The van der Waals surface area contributed by atoms with Crippen LogP contribution in [0.4, 0.5) is 5.69 Å². The third kappa shape index (κ3) is 5.00. The van der Waals surface area contributed by atoms with E-state index in [-0.39, 0.29) is 17.7 Å². The predicted octanol–water partition coefficient (Wildman–Crippen LogP) is 5.62. The maximum absolute atomic E-state index is 13.0. The Balaban J connectivity index is 1.47. The number of halogens is 1. The number of amides is 2. The quantitative estimate of drug-likeness (QED) is 0.564. The Kier molecular flexibility index (Phi) is 6.56. The highest BCUT2D eigenvalue weighted by molar-refractivity contribution is 6.30. The fourth-order valence-corrected chi connectivity index (χ4v) is 4.17. The van der Waals surface area contributed by atoms with E-state index in [1.54, 1.807) is 24.3 Å². The number of pyridine rings is 1. The first-order valence-electron chi connectivity index (χ1n) is 10.8. The van der Waals surface area contributed by atoms with Crippen LogP contribution in [-0.2, 0) is 0 Å². The number of aryl methyl sites for hydroxylation is 2. The molecule has 1 fully saturated rings. The van der Waals surface area contributed by atoms with Crippen LogP contribution in [0.1, 0.15) is 56.4 Å². The Morgan fingerprint density at radius 2 is 1.59 bits per heavy atom. The average molecular weight is 448 g/mol. The Morgan fingerprint density at radius 1 is 0.938 bits per heavy atom. The highest BCUT2D eigenvalue weighted by atomic mass is 35.5. The van der Waals surface area contributed by atoms with Crippen LogP contribution >= 0.6 is 11.6 Å². The van der Waals surface area contributed by atoms with Crippen molar-refractivity contribution in [2.75, 3.05) is 18.4 Å². The molecule has 0 unspecified atom stereocenters. The fourth-order valence-electron chi connectivity index (χ4n) is 4.05. The van der Waals surface area contributed by atoms with Crippen LogP contribution in [0.25, 0.3) is 0 Å². The number of benzene rings is 2. The molecule has 6 heteroatoms. The van der Waals surface area contributed by atoms with Crippen molar-refractivity contribution in [2.24, 2.45) is 0 Å². The number of piperidine rings is 1. The fraction of sp³-hybridized carbons (Fsp3) is 0.269. The normalized spacial score (nSPS) is 14.3. The Morgan fingerprint density at radius 3 is 2.25 bits per heavy atom. The number of carbonyl (C=O) groups is 2. The van der Waals surface area contributed by atoms with Gasteiger partial charge in [0.15, 0.2) is 0 Å². The van der Waals surface area contributed by atoms with Crippen LogP contribution in [0.2, 0.25) is 5.02 Å². The summed E-state index contributed by atoms with van der Waals surface area (Å²) < 4.78 is 0. The first-order valence-corrected chi connectivity index (χ1v) is 11.2. The van der Waals surface area contributed by atoms with E-state index >= 15 is 0 Å². The van der Waals surface area contributed by atoms with Crippen LogP contribution in [0, 0.1) is 13.8 Å². The van der Waals surface area contributed by atoms with E-state index in [1.807, 2.05) is 55.1 Å². The lowest BCUT2D eigenvalue weighted by Crippen LogP contribution is -2.38. The highest BCUT2D eigenvalue weighted by Gasteiger charge is 2.28. The molecule has 0 bridgehead atoms. The van der Waals surface area contributed by atoms with E-state index in [2.05, 4.69) is 5.32 Å². The Bertz CT molecular complexity index is 1120. The second-order valence-electron chi connectivity index (χ2n) is 8.28. The second-order valence-corrected chi connectivity index (χ2v) is 8.72. The van der Waals surface area contributed by atoms with Crippen LogP contribution < -0.4 is 5.32 Å². The summed E-state index contributed by atoms with van der Waals surface area (Å²) in [6.07, 6.45) is 1.53. The molecule has 1 saturated heterocycles. The molecule has 0 radical (unpaired) electrons. The monoisotopic (exact) mass is 447 g/mol. The molecule has 0 saturated carbocycles. The molecule has 1 aliphatic rings. The van der Waals surface area contributed by atoms with E-state index in [0.717, 1.165) is 35.5 Å². The lowest BCUT2D eigenvalue weighted by Gasteiger charge is -2.32. The zero-order chi connectivity index (χ0) is 22.7. The molecule has 3 aromatic rings. The van der Waals surface area contributed by atoms with Gasteiger partial charge in [-0.2, -0.15) is 0 Å². The molecule has 0 spiro atoms. The molecule has 2 heterocycles. The van der Waals surface area contributed by atoms with Gasteiger partial charge in [-0.25, -0.2) is 0 Å². The number of nitrogens with one attached hydrogen (secondary N) is 1. The highest BCUT2D eigenvalue weighted by Crippen LogP contribution is 2.30. The minimum absolute atomic E-state index is 0.00894. The number of hydrogen-bond acceptors (Lipinski definition) is 3. The number of hydrogen-bond donors (Lipinski definition) is 1. The van der Waals surface area contributed by atoms with Gasteiger partial charge in [0.1, 0.15) is 0 Å². The third-order valence-corrected chi connectivity index (χ3v) is 6.13. The van der Waals surface area contributed by atoms with Crippen molar-refractivity contribution in [1.29, 1.82) is 0 Å². The summed E-state index contributed by atoms with van der Waals surface area (Å²) in [7, 11) is 0. The standard InChI is InChI=1S/C26H26ClN3O2/c1-17-3-10-22(11-4-17)29-25(31)23-12-5-18(2)28-24(23)19-13-15-30(16-14-19)26(32)20-6-8-21(27)9-7-20/h3-12,19H,13-16H2,1-2H3,(H,29,31). The SMILES string of the molecule is Cc1ccc(NC(=O)c2ccc(C)nc2C2CCN(C(=O)c3ccc(Cl)cc3)CC2)cc1. The molecule has 4 rings (SSSR count). The second kappa shape index (κ2) is 9.53. The van der Waals surface area contributed by atoms with E-state index in [1.165, 1.54) is 0 Å². The van der Waals surface area contributed by atoms with Gasteiger partial charge in [-0.1, -0.05) is 29.3 Å². The third-order valence-electron chi connectivity index (χ3n) is 5.88. The van der Waals surface area contributed by atoms with Crippen LogP contribution in [0.3, 0.4) is 0 Å². The van der Waals surface area contributed by atoms with Crippen molar-refractivity contribution in [2.45, 2.75) is 32.6 Å². The maximum atomic E-state index is 13.0. The summed E-state index contributed by atoms with van der Waals surface area (Å²) >= 11 is 5.94. The minimum Gasteiger partial charge on any atom is -0.339 e. The summed E-state index contributed by atoms with van der Waals surface area (Å²) in [5, 5.41) is 3.60. The van der Waals surface area contributed by atoms with Gasteiger partial charge in [-0.15, -0.1) is 0 Å². The van der Waals surface area contributed by atoms with Crippen molar-refractivity contribution in [3.63, 3.8) is 0 Å². The Labute approximate surface area is 193 Å². The first kappa shape index (κ1) is 22.0. The van der Waals surface area contributed by atoms with Gasteiger partial charge in [0.2, 0.25) is 0 Å². The smallest absolute Gasteiger partial charge is 0.257 e. The summed E-state index contributed by atoms with van der Waals surface area (Å²) in [4.78, 5) is 32.4. The zero-order valence-electron chi connectivity index (χ0n) is 18.3. The Hall–Kier alpha value is -3.18. The molecular formula is C26H26ClN3O2. The van der Waals surface area contributed by atoms with Gasteiger partial charge in [0.05, 0.1) is 11.3 Å². The molecule has 1 aromatic heterocycles. The molecular weight excluding hydrogens is 422 g/mol. The van der Waals surface area contributed by atoms with E-state index in [9.17, 15) is 9.59 Å². The zero-order valence-corrected chi connectivity index (χ0v) is 19.0. The van der Waals surface area contributed by atoms with Crippen molar-refractivity contribution in [1.82, 2.24) is 9.88 Å². The van der Waals surface area contributed by atoms with Crippen LogP contribution in [0.5, 0.6) is 0 Å². The van der Waals surface area contributed by atoms with Crippen molar-refractivity contribution < 1.29 is 9.59 Å². The molecule has 164 valence electrons. The lowest BCUT2D eigenvalue weighted by molar-refractivity contribution is 0.0711. The average Bonchev–Trinajstić information content (AvgIpc) is 2.80. The van der Waals surface area contributed by atoms with Crippen molar-refractivity contribution in [3.05, 3.63) is 93.8 Å². The number of likely N-dealkylation sites (tertiary alicyclic amines) is 1. The van der Waals surface area contributed by atoms with E-state index < -0.39 is 0 Å². The molecule has 1 aliphatic heterocycles. The van der Waals surface area contributed by atoms with Gasteiger partial charge in [0, 0.05) is 41.0 Å². The summed E-state index contributed by atoms with van der Waals surface area (Å²) in [5.41, 5.74) is 4.83. The van der Waals surface area contributed by atoms with Gasteiger partial charge in [0.25, 0.3) is 11.8 Å². The molecule has 5 nitrogen and oxygen atoms in total. The van der Waals surface area contributed by atoms with Gasteiger partial charge >= 0.3 is 0 Å². The van der Waals surface area contributed by atoms with Crippen molar-refractivity contribution >= 4 is 29.1 Å². The molecule has 2 aromatic carbocycles. The number of carbonyl (C=O) groups excluding carboxylic acids is 2. The van der Waals surface area contributed by atoms with Crippen molar-refractivity contribution in [3.8, 4) is 0 Å². The lowest BCUT2D eigenvalue weighted by atomic mass is 9.89. The molecule has 32 heavy (non-hydrogen) atoms. The first-order chi connectivity index (χ1) is 15.4. The van der Waals surface area contributed by atoms with Gasteiger partial charge in [-0.3, -0.25) is 14.6 Å². The van der Waals surface area contributed by atoms with Crippen LogP contribution in [-0.4, -0.2) is 34.8 Å². The van der Waals surface area contributed by atoms with Gasteiger partial charge < -0.3 is 10.2 Å².